The van der Waals surface area contributed by atoms with Gasteiger partial charge in [0, 0.05) is 6.42 Å². The Morgan fingerprint density at radius 3 is 2.94 bits per heavy atom. The lowest BCUT2D eigenvalue weighted by molar-refractivity contribution is -0.117. The van der Waals surface area contributed by atoms with Crippen LogP contribution in [0, 0.1) is 5.92 Å². The van der Waals surface area contributed by atoms with Gasteiger partial charge >= 0.3 is 0 Å². The van der Waals surface area contributed by atoms with Crippen molar-refractivity contribution in [1.29, 1.82) is 0 Å². The zero-order chi connectivity index (χ0) is 13.0. The highest BCUT2D eigenvalue weighted by Gasteiger charge is 2.17. The Morgan fingerprint density at radius 2 is 2.28 bits per heavy atom. The minimum Gasteiger partial charge on any atom is -0.369 e. The predicted octanol–water partition coefficient (Wildman–Crippen LogP) is 1.89. The summed E-state index contributed by atoms with van der Waals surface area (Å²) in [4.78, 5) is 15.3. The highest BCUT2D eigenvalue weighted by molar-refractivity contribution is 8.00. The van der Waals surface area contributed by atoms with Crippen molar-refractivity contribution in [3.05, 3.63) is 5.82 Å². The molecule has 0 aromatic carbocycles. The monoisotopic (exact) mass is 268 g/mol. The summed E-state index contributed by atoms with van der Waals surface area (Å²) >= 11 is 1.30. The Morgan fingerprint density at radius 1 is 1.56 bits per heavy atom. The van der Waals surface area contributed by atoms with E-state index >= 15 is 0 Å². The molecular weight excluding hydrogens is 248 g/mol. The number of carbonyl (C=O) groups excluding carboxylic acids is 1. The predicted molar refractivity (Wildman–Crippen MR) is 71.2 cm³/mol. The number of aryl methyl sites for hydroxylation is 1. The molecule has 0 unspecified atom stereocenters. The first kappa shape index (κ1) is 13.4. The van der Waals surface area contributed by atoms with Crippen molar-refractivity contribution < 1.29 is 4.79 Å². The van der Waals surface area contributed by atoms with E-state index < -0.39 is 0 Å². The van der Waals surface area contributed by atoms with Crippen LogP contribution in [0.5, 0.6) is 0 Å². The minimum absolute atomic E-state index is 0.288. The average Bonchev–Trinajstić information content (AvgIpc) is 2.96. The molecule has 0 radical (unpaired) electrons. The SMILES string of the molecule is C[C@@H](Sc1n[nH]c(CCC2CCCC2)n1)C(N)=O. The summed E-state index contributed by atoms with van der Waals surface area (Å²) in [5, 5.41) is 7.37. The molecule has 0 spiro atoms. The van der Waals surface area contributed by atoms with Gasteiger partial charge in [0.2, 0.25) is 11.1 Å². The van der Waals surface area contributed by atoms with Crippen molar-refractivity contribution in [2.24, 2.45) is 11.7 Å². The van der Waals surface area contributed by atoms with Gasteiger partial charge in [-0.15, -0.1) is 5.10 Å². The van der Waals surface area contributed by atoms with Crippen LogP contribution in [0.1, 0.15) is 44.9 Å². The van der Waals surface area contributed by atoms with Gasteiger partial charge in [0.05, 0.1) is 5.25 Å². The number of nitrogens with one attached hydrogen (secondary N) is 1. The molecule has 1 aromatic heterocycles. The Balaban J connectivity index is 1.80. The molecule has 5 nitrogen and oxygen atoms in total. The minimum atomic E-state index is -0.336. The van der Waals surface area contributed by atoms with Gasteiger partial charge in [-0.1, -0.05) is 37.4 Å². The maximum absolute atomic E-state index is 10.9. The maximum Gasteiger partial charge on any atom is 0.230 e. The zero-order valence-corrected chi connectivity index (χ0v) is 11.5. The fraction of sp³-hybridized carbons (Fsp3) is 0.750. The first-order chi connectivity index (χ1) is 8.65. The van der Waals surface area contributed by atoms with Crippen molar-refractivity contribution in [3.63, 3.8) is 0 Å². The summed E-state index contributed by atoms with van der Waals surface area (Å²) in [5.41, 5.74) is 5.21. The Bertz CT molecular complexity index is 401. The molecule has 100 valence electrons. The fourth-order valence-electron chi connectivity index (χ4n) is 2.30. The number of hydrogen-bond acceptors (Lipinski definition) is 4. The molecule has 1 aliphatic rings. The van der Waals surface area contributed by atoms with Crippen LogP contribution in [0.15, 0.2) is 5.16 Å². The quantitative estimate of drug-likeness (QED) is 0.772. The van der Waals surface area contributed by atoms with Crippen molar-refractivity contribution in [1.82, 2.24) is 15.2 Å². The number of amides is 1. The number of primary amides is 1. The van der Waals surface area contributed by atoms with E-state index in [4.69, 9.17) is 5.73 Å². The third-order valence-electron chi connectivity index (χ3n) is 3.46. The lowest BCUT2D eigenvalue weighted by atomic mass is 10.0. The second kappa shape index (κ2) is 6.22. The second-order valence-electron chi connectivity index (χ2n) is 4.92. The molecule has 1 heterocycles. The van der Waals surface area contributed by atoms with Crippen LogP contribution in [-0.2, 0) is 11.2 Å². The van der Waals surface area contributed by atoms with Gasteiger partial charge < -0.3 is 5.73 Å². The molecule has 0 aliphatic heterocycles. The number of aromatic amines is 1. The molecule has 6 heteroatoms. The van der Waals surface area contributed by atoms with Gasteiger partial charge in [-0.3, -0.25) is 9.89 Å². The van der Waals surface area contributed by atoms with E-state index in [0.29, 0.717) is 5.16 Å². The lowest BCUT2D eigenvalue weighted by Gasteiger charge is -2.05. The van der Waals surface area contributed by atoms with Crippen LogP contribution in [0.2, 0.25) is 0 Å². The van der Waals surface area contributed by atoms with E-state index in [1.165, 1.54) is 43.9 Å². The van der Waals surface area contributed by atoms with Gasteiger partial charge in [-0.25, -0.2) is 4.98 Å². The van der Waals surface area contributed by atoms with E-state index in [-0.39, 0.29) is 11.2 Å². The highest BCUT2D eigenvalue weighted by Crippen LogP contribution is 2.28. The molecule has 1 saturated carbocycles. The van der Waals surface area contributed by atoms with E-state index in [0.717, 1.165) is 18.2 Å². The zero-order valence-electron chi connectivity index (χ0n) is 10.7. The smallest absolute Gasteiger partial charge is 0.230 e. The number of aromatic nitrogens is 3. The summed E-state index contributed by atoms with van der Waals surface area (Å²) in [5.74, 6) is 1.44. The maximum atomic E-state index is 10.9. The van der Waals surface area contributed by atoms with Crippen LogP contribution in [0.25, 0.3) is 0 Å². The molecule has 2 rings (SSSR count). The molecule has 0 bridgehead atoms. The number of nitrogens with two attached hydrogens (primary N) is 1. The molecule has 1 fully saturated rings. The molecule has 1 aliphatic carbocycles. The second-order valence-corrected chi connectivity index (χ2v) is 6.22. The van der Waals surface area contributed by atoms with Crippen LogP contribution in [0.4, 0.5) is 0 Å². The Hall–Kier alpha value is -1.04. The first-order valence-corrected chi connectivity index (χ1v) is 7.40. The largest absolute Gasteiger partial charge is 0.369 e. The van der Waals surface area contributed by atoms with Gasteiger partial charge in [-0.05, 0) is 19.3 Å². The molecule has 3 N–H and O–H groups in total. The third-order valence-corrected chi connectivity index (χ3v) is 4.44. The standard InChI is InChI=1S/C12H20N4OS/c1-8(11(13)17)18-12-14-10(15-16-12)7-6-9-4-2-3-5-9/h8-9H,2-7H2,1H3,(H2,13,17)(H,14,15,16)/t8-/m1/s1. The first-order valence-electron chi connectivity index (χ1n) is 6.52. The number of H-pyrrole nitrogens is 1. The summed E-state index contributed by atoms with van der Waals surface area (Å²) in [6.45, 7) is 1.77. The van der Waals surface area contributed by atoms with Crippen LogP contribution in [0.3, 0.4) is 0 Å². The summed E-state index contributed by atoms with van der Waals surface area (Å²) in [6.07, 6.45) is 7.59. The van der Waals surface area contributed by atoms with E-state index in [9.17, 15) is 4.79 Å². The topological polar surface area (TPSA) is 84.7 Å². The van der Waals surface area contributed by atoms with E-state index in [2.05, 4.69) is 15.2 Å². The van der Waals surface area contributed by atoms with Gasteiger partial charge in [0.25, 0.3) is 0 Å². The third kappa shape index (κ3) is 3.73. The molecule has 0 saturated heterocycles. The normalized spacial score (nSPS) is 18.1. The summed E-state index contributed by atoms with van der Waals surface area (Å²) < 4.78 is 0. The van der Waals surface area contributed by atoms with Crippen molar-refractivity contribution in [3.8, 4) is 0 Å². The Labute approximate surface area is 111 Å². The van der Waals surface area contributed by atoms with Gasteiger partial charge in [0.15, 0.2) is 0 Å². The van der Waals surface area contributed by atoms with Gasteiger partial charge in [0.1, 0.15) is 5.82 Å². The lowest BCUT2D eigenvalue weighted by Crippen LogP contribution is -2.22. The summed E-state index contributed by atoms with van der Waals surface area (Å²) in [7, 11) is 0. The molecule has 18 heavy (non-hydrogen) atoms. The number of rotatable bonds is 6. The Kier molecular flexibility index (Phi) is 4.63. The van der Waals surface area contributed by atoms with Crippen molar-refractivity contribution >= 4 is 17.7 Å². The molecule has 1 amide bonds. The summed E-state index contributed by atoms with van der Waals surface area (Å²) in [6, 6.07) is 0. The number of nitrogens with zero attached hydrogens (tertiary/aromatic N) is 2. The van der Waals surface area contributed by atoms with Crippen molar-refractivity contribution in [2.45, 2.75) is 55.9 Å². The van der Waals surface area contributed by atoms with Crippen molar-refractivity contribution in [2.75, 3.05) is 0 Å². The van der Waals surface area contributed by atoms with Crippen LogP contribution in [-0.4, -0.2) is 26.3 Å². The number of hydrogen-bond donors (Lipinski definition) is 2. The highest BCUT2D eigenvalue weighted by atomic mass is 32.2. The van der Waals surface area contributed by atoms with E-state index in [1.54, 1.807) is 6.92 Å². The van der Waals surface area contributed by atoms with E-state index in [1.807, 2.05) is 0 Å². The molecular formula is C12H20N4OS. The van der Waals surface area contributed by atoms with Gasteiger partial charge in [-0.2, -0.15) is 0 Å². The van der Waals surface area contributed by atoms with Crippen LogP contribution < -0.4 is 5.73 Å². The molecule has 1 aromatic rings. The number of thioether (sulfide) groups is 1. The number of carbonyl (C=O) groups is 1. The van der Waals surface area contributed by atoms with Crippen LogP contribution >= 0.6 is 11.8 Å². The fourth-order valence-corrected chi connectivity index (χ4v) is 2.99. The average molecular weight is 268 g/mol. The molecule has 1 atom stereocenters.